The second kappa shape index (κ2) is 14.5. The quantitative estimate of drug-likeness (QED) is 0.165. The fraction of sp³-hybridized carbons (Fsp3) is 0.333. The van der Waals surface area contributed by atoms with Crippen LogP contribution in [-0.4, -0.2) is 57.8 Å². The molecule has 226 valence electrons. The molecule has 2 aromatic carbocycles. The van der Waals surface area contributed by atoms with E-state index in [1.165, 1.54) is 0 Å². The van der Waals surface area contributed by atoms with Crippen LogP contribution in [0.25, 0.3) is 5.69 Å². The summed E-state index contributed by atoms with van der Waals surface area (Å²) in [6.45, 7) is 14.1. The van der Waals surface area contributed by atoms with E-state index in [4.69, 9.17) is 9.84 Å². The number of pyridine rings is 1. The van der Waals surface area contributed by atoms with Gasteiger partial charge in [-0.2, -0.15) is 5.10 Å². The van der Waals surface area contributed by atoms with Gasteiger partial charge in [0, 0.05) is 41.7 Å². The van der Waals surface area contributed by atoms with Crippen LogP contribution >= 0.6 is 0 Å². The molecule has 2 aromatic heterocycles. The van der Waals surface area contributed by atoms with Crippen molar-refractivity contribution in [2.75, 3.05) is 36.8 Å². The van der Waals surface area contributed by atoms with Gasteiger partial charge in [0.2, 0.25) is 0 Å². The van der Waals surface area contributed by atoms with E-state index in [0.29, 0.717) is 35.1 Å². The zero-order chi connectivity index (χ0) is 30.8. The molecule has 4 aromatic rings. The smallest absolute Gasteiger partial charge is 0.324 e. The van der Waals surface area contributed by atoms with Gasteiger partial charge in [0.05, 0.1) is 11.4 Å². The Labute approximate surface area is 253 Å². The number of nitrogens with zero attached hydrogens (tertiary/aromatic N) is 4. The minimum atomic E-state index is -0.412. The van der Waals surface area contributed by atoms with Gasteiger partial charge >= 0.3 is 6.03 Å². The molecule has 10 nitrogen and oxygen atoms in total. The highest BCUT2D eigenvalue weighted by molar-refractivity contribution is 5.99. The third-order valence-corrected chi connectivity index (χ3v) is 6.92. The van der Waals surface area contributed by atoms with Crippen LogP contribution in [0.5, 0.6) is 11.5 Å². The Bertz CT molecular complexity index is 1470. The summed E-state index contributed by atoms with van der Waals surface area (Å²) in [4.78, 5) is 32.0. The summed E-state index contributed by atoms with van der Waals surface area (Å²) in [6, 6.07) is 19.3. The number of benzene rings is 2. The molecule has 0 aliphatic rings. The number of rotatable bonds is 12. The Morgan fingerprint density at radius 2 is 1.53 bits per heavy atom. The van der Waals surface area contributed by atoms with E-state index in [2.05, 4.69) is 60.5 Å². The lowest BCUT2D eigenvalue weighted by Gasteiger charge is -2.17. The van der Waals surface area contributed by atoms with E-state index >= 15 is 0 Å². The van der Waals surface area contributed by atoms with E-state index in [1.807, 2.05) is 18.2 Å². The number of urea groups is 1. The summed E-state index contributed by atoms with van der Waals surface area (Å²) in [6.07, 6.45) is 4.22. The van der Waals surface area contributed by atoms with E-state index in [1.54, 1.807) is 65.6 Å². The van der Waals surface area contributed by atoms with Gasteiger partial charge in [0.15, 0.2) is 0 Å². The second-order valence-electron chi connectivity index (χ2n) is 11.1. The summed E-state index contributed by atoms with van der Waals surface area (Å²) in [7, 11) is 0. The van der Waals surface area contributed by atoms with E-state index in [9.17, 15) is 9.59 Å². The number of nitrogens with one attached hydrogen (secondary N) is 3. The van der Waals surface area contributed by atoms with Crippen LogP contribution in [0.2, 0.25) is 0 Å². The molecule has 0 aliphatic carbocycles. The van der Waals surface area contributed by atoms with E-state index < -0.39 is 6.03 Å². The van der Waals surface area contributed by atoms with Crippen LogP contribution in [0.4, 0.5) is 16.3 Å². The van der Waals surface area contributed by atoms with Gasteiger partial charge in [-0.3, -0.25) is 15.1 Å². The predicted octanol–water partition coefficient (Wildman–Crippen LogP) is 6.46. The highest BCUT2D eigenvalue weighted by Crippen LogP contribution is 2.27. The number of anilines is 2. The number of aromatic nitrogens is 3. The third-order valence-electron chi connectivity index (χ3n) is 6.92. The van der Waals surface area contributed by atoms with Crippen molar-refractivity contribution in [3.05, 3.63) is 90.4 Å². The van der Waals surface area contributed by atoms with Crippen molar-refractivity contribution < 1.29 is 14.3 Å². The molecule has 0 bridgehead atoms. The lowest BCUT2D eigenvalue weighted by Crippen LogP contribution is -2.29. The first-order valence-electron chi connectivity index (χ1n) is 14.6. The van der Waals surface area contributed by atoms with Crippen molar-refractivity contribution in [1.82, 2.24) is 25.0 Å². The molecular weight excluding hydrogens is 542 g/mol. The van der Waals surface area contributed by atoms with Crippen LogP contribution in [-0.2, 0) is 5.41 Å². The van der Waals surface area contributed by atoms with E-state index in [0.717, 1.165) is 37.4 Å². The Morgan fingerprint density at radius 3 is 2.16 bits per heavy atom. The lowest BCUT2D eigenvalue weighted by atomic mass is 9.92. The number of carbonyl (C=O) groups excluding carboxylic acids is 2. The molecule has 3 amide bonds. The molecule has 0 saturated carbocycles. The molecular formula is C33H41N7O3. The van der Waals surface area contributed by atoms with Gasteiger partial charge in [0.25, 0.3) is 5.91 Å². The molecule has 0 atom stereocenters. The number of hydrogen-bond donors (Lipinski definition) is 3. The maximum absolute atomic E-state index is 13.0. The van der Waals surface area contributed by atoms with Gasteiger partial charge in [-0.15, -0.1) is 0 Å². The number of carbonyl (C=O) groups is 2. The zero-order valence-corrected chi connectivity index (χ0v) is 25.6. The maximum Gasteiger partial charge on any atom is 0.324 e. The topological polar surface area (TPSA) is 113 Å². The number of hydrogen-bond acceptors (Lipinski definition) is 6. The van der Waals surface area contributed by atoms with Gasteiger partial charge in [-0.05, 0) is 86.7 Å². The zero-order valence-electron chi connectivity index (χ0n) is 25.6. The number of ether oxygens (including phenoxy) is 1. The molecule has 0 aliphatic heterocycles. The van der Waals surface area contributed by atoms with Crippen LogP contribution in [0, 0.1) is 0 Å². The number of amides is 3. The van der Waals surface area contributed by atoms with Crippen LogP contribution in [0.3, 0.4) is 0 Å². The molecule has 0 saturated heterocycles. The monoisotopic (exact) mass is 583 g/mol. The standard InChI is InChI=1S/C33H41N7O3/c1-6-39(7-2)22-8-19-35-31(41)24-9-13-26(14-10-24)40-30(23-29(38-40)33(3,4)5)37-32(42)36-25-11-15-27(16-12-25)43-28-17-20-34-21-18-28/h9-18,20-21,23H,6-8,19,22H2,1-5H3,(H,35,41)(H2,36,37,42). The van der Waals surface area contributed by atoms with Gasteiger partial charge < -0.3 is 20.3 Å². The van der Waals surface area contributed by atoms with Crippen molar-refractivity contribution in [3.63, 3.8) is 0 Å². The van der Waals surface area contributed by atoms with Gasteiger partial charge in [-0.25, -0.2) is 9.48 Å². The van der Waals surface area contributed by atoms with Crippen molar-refractivity contribution in [1.29, 1.82) is 0 Å². The normalized spacial score (nSPS) is 11.3. The summed E-state index contributed by atoms with van der Waals surface area (Å²) in [5, 5.41) is 13.6. The molecule has 43 heavy (non-hydrogen) atoms. The fourth-order valence-electron chi connectivity index (χ4n) is 4.36. The van der Waals surface area contributed by atoms with Crippen LogP contribution < -0.4 is 20.7 Å². The second-order valence-corrected chi connectivity index (χ2v) is 11.1. The Kier molecular flexibility index (Phi) is 10.5. The van der Waals surface area contributed by atoms with Crippen molar-refractivity contribution in [2.45, 2.75) is 46.5 Å². The first-order valence-corrected chi connectivity index (χ1v) is 14.6. The Morgan fingerprint density at radius 1 is 0.884 bits per heavy atom. The predicted molar refractivity (Wildman–Crippen MR) is 170 cm³/mol. The first-order chi connectivity index (χ1) is 20.7. The molecule has 0 fully saturated rings. The van der Waals surface area contributed by atoms with Crippen LogP contribution in [0.15, 0.2) is 79.1 Å². The molecule has 10 heteroatoms. The van der Waals surface area contributed by atoms with Crippen molar-refractivity contribution >= 4 is 23.4 Å². The van der Waals surface area contributed by atoms with Crippen LogP contribution in [0.1, 0.15) is 57.1 Å². The van der Waals surface area contributed by atoms with Crippen molar-refractivity contribution in [2.24, 2.45) is 0 Å². The van der Waals surface area contributed by atoms with Gasteiger partial charge in [-0.1, -0.05) is 34.6 Å². The minimum Gasteiger partial charge on any atom is -0.457 e. The Balaban J connectivity index is 1.41. The third kappa shape index (κ3) is 8.89. The molecule has 0 unspecified atom stereocenters. The summed E-state index contributed by atoms with van der Waals surface area (Å²) < 4.78 is 7.47. The summed E-state index contributed by atoms with van der Waals surface area (Å²) in [5.41, 5.74) is 2.47. The van der Waals surface area contributed by atoms with E-state index in [-0.39, 0.29) is 11.3 Å². The molecule has 0 radical (unpaired) electrons. The minimum absolute atomic E-state index is 0.114. The average Bonchev–Trinajstić information content (AvgIpc) is 3.43. The van der Waals surface area contributed by atoms with Gasteiger partial charge in [0.1, 0.15) is 17.3 Å². The maximum atomic E-state index is 13.0. The Hall–Kier alpha value is -4.70. The fourth-order valence-corrected chi connectivity index (χ4v) is 4.36. The first kappa shape index (κ1) is 31.2. The largest absolute Gasteiger partial charge is 0.457 e. The summed E-state index contributed by atoms with van der Waals surface area (Å²) >= 11 is 0. The lowest BCUT2D eigenvalue weighted by molar-refractivity contribution is 0.0952. The van der Waals surface area contributed by atoms with Crippen molar-refractivity contribution in [3.8, 4) is 17.2 Å². The molecule has 0 spiro atoms. The summed E-state index contributed by atoms with van der Waals surface area (Å²) in [5.74, 6) is 1.71. The molecule has 4 rings (SSSR count). The molecule has 2 heterocycles. The SMILES string of the molecule is CCN(CC)CCCNC(=O)c1ccc(-n2nc(C(C)(C)C)cc2NC(=O)Nc2ccc(Oc3ccncc3)cc2)cc1. The highest BCUT2D eigenvalue weighted by Gasteiger charge is 2.22. The average molecular weight is 584 g/mol. The highest BCUT2D eigenvalue weighted by atomic mass is 16.5. The molecule has 3 N–H and O–H groups in total.